The van der Waals surface area contributed by atoms with E-state index < -0.39 is 5.95 Å². The van der Waals surface area contributed by atoms with Crippen molar-refractivity contribution in [3.8, 4) is 0 Å². The molecule has 5 rings (SSSR count). The topological polar surface area (TPSA) is 61.2 Å². The van der Waals surface area contributed by atoms with E-state index >= 15 is 0 Å². The third-order valence-electron chi connectivity index (χ3n) is 9.02. The normalized spacial score (nSPS) is 39.3. The van der Waals surface area contributed by atoms with E-state index in [1.807, 2.05) is 0 Å². The summed E-state index contributed by atoms with van der Waals surface area (Å²) in [6.45, 7) is 6.15. The lowest BCUT2D eigenvalue weighted by molar-refractivity contribution is -0.148. The number of ether oxygens (including phenoxy) is 1. The Bertz CT molecular complexity index is 995. The molecule has 1 aromatic rings. The molecule has 0 spiro atoms. The van der Waals surface area contributed by atoms with E-state index in [2.05, 4.69) is 24.9 Å². The van der Waals surface area contributed by atoms with Gasteiger partial charge in [-0.1, -0.05) is 25.5 Å². The highest BCUT2D eigenvalue weighted by Gasteiger charge is 2.58. The second-order valence-electron chi connectivity index (χ2n) is 10.5. The smallest absolute Gasteiger partial charge is 0.302 e. The van der Waals surface area contributed by atoms with Gasteiger partial charge >= 0.3 is 5.97 Å². The van der Waals surface area contributed by atoms with Crippen molar-refractivity contribution in [3.05, 3.63) is 35.7 Å². The molecule has 166 valence electrons. The van der Waals surface area contributed by atoms with Crippen LogP contribution in [0.3, 0.4) is 0 Å². The highest BCUT2D eigenvalue weighted by molar-refractivity contribution is 5.86. The standard InChI is InChI=1S/C25H31FN2O3/c1-15(30)31-18-6-8-24(2)17(11-18)4-5-19-20(24)7-9-25(3)21(19)10-16(13-29)23(25)28-12-22(26)27-14-28/h4,12-14,18-21H,5-11H2,1-3H3/t18-,19?,20?,21?,24-,25-/m0/s1. The molecular formula is C25H31FN2O3. The van der Waals surface area contributed by atoms with Crippen LogP contribution in [0.1, 0.15) is 65.7 Å². The Morgan fingerprint density at radius 3 is 2.68 bits per heavy atom. The van der Waals surface area contributed by atoms with Crippen molar-refractivity contribution in [1.29, 1.82) is 0 Å². The highest BCUT2D eigenvalue weighted by atomic mass is 19.1. The third-order valence-corrected chi connectivity index (χ3v) is 9.02. The predicted octanol–water partition coefficient (Wildman–Crippen LogP) is 4.94. The number of nitrogens with zero attached hydrogens (tertiary/aromatic N) is 2. The van der Waals surface area contributed by atoms with E-state index in [1.54, 1.807) is 4.57 Å². The summed E-state index contributed by atoms with van der Waals surface area (Å²) in [6, 6.07) is 0. The summed E-state index contributed by atoms with van der Waals surface area (Å²) < 4.78 is 21.0. The molecule has 3 unspecified atom stereocenters. The Morgan fingerprint density at radius 2 is 2.00 bits per heavy atom. The predicted molar refractivity (Wildman–Crippen MR) is 114 cm³/mol. The zero-order valence-electron chi connectivity index (χ0n) is 18.6. The van der Waals surface area contributed by atoms with Crippen LogP contribution >= 0.6 is 0 Å². The summed E-state index contributed by atoms with van der Waals surface area (Å²) in [7, 11) is 0. The first-order valence-electron chi connectivity index (χ1n) is 11.5. The van der Waals surface area contributed by atoms with Crippen molar-refractivity contribution in [1.82, 2.24) is 9.55 Å². The summed E-state index contributed by atoms with van der Waals surface area (Å²) in [4.78, 5) is 27.2. The lowest BCUT2D eigenvalue weighted by Crippen LogP contribution is -2.50. The largest absolute Gasteiger partial charge is 0.462 e. The fraction of sp³-hybridized carbons (Fsp3) is 0.640. The zero-order valence-corrected chi connectivity index (χ0v) is 18.6. The van der Waals surface area contributed by atoms with Gasteiger partial charge in [0.05, 0.1) is 6.20 Å². The molecule has 6 heteroatoms. The lowest BCUT2D eigenvalue weighted by atomic mass is 9.47. The van der Waals surface area contributed by atoms with Crippen LogP contribution in [0.4, 0.5) is 4.39 Å². The number of rotatable bonds is 3. The summed E-state index contributed by atoms with van der Waals surface area (Å²) in [6.07, 6.45) is 12.9. The molecular weight excluding hydrogens is 395 g/mol. The molecule has 0 N–H and O–H groups in total. The van der Waals surface area contributed by atoms with Gasteiger partial charge < -0.3 is 9.30 Å². The SMILES string of the molecule is CC(=O)O[C@H]1CC[C@@]2(C)C(=CCC3C2CC[C@]2(C)C(n4cnc(F)c4)=C(C=O)CC32)C1. The molecule has 2 saturated carbocycles. The molecule has 0 bridgehead atoms. The summed E-state index contributed by atoms with van der Waals surface area (Å²) in [5.41, 5.74) is 3.17. The van der Waals surface area contributed by atoms with Crippen LogP contribution in [-0.4, -0.2) is 27.9 Å². The average molecular weight is 427 g/mol. The molecule has 5 nitrogen and oxygen atoms in total. The number of hydrogen-bond acceptors (Lipinski definition) is 4. The molecule has 31 heavy (non-hydrogen) atoms. The van der Waals surface area contributed by atoms with Gasteiger partial charge in [-0.25, -0.2) is 4.98 Å². The number of hydrogen-bond donors (Lipinski definition) is 0. The number of halogens is 1. The molecule has 0 radical (unpaired) electrons. The molecule has 0 saturated heterocycles. The second-order valence-corrected chi connectivity index (χ2v) is 10.5. The number of esters is 1. The second kappa shape index (κ2) is 7.14. The summed E-state index contributed by atoms with van der Waals surface area (Å²) in [5, 5.41) is 0. The molecule has 6 atom stereocenters. The van der Waals surface area contributed by atoms with Crippen LogP contribution in [-0.2, 0) is 14.3 Å². The van der Waals surface area contributed by atoms with Crippen molar-refractivity contribution < 1.29 is 18.7 Å². The van der Waals surface area contributed by atoms with Crippen LogP contribution in [0.5, 0.6) is 0 Å². The van der Waals surface area contributed by atoms with Crippen molar-refractivity contribution in [3.63, 3.8) is 0 Å². The summed E-state index contributed by atoms with van der Waals surface area (Å²) in [5.74, 6) is 0.723. The van der Waals surface area contributed by atoms with E-state index in [1.165, 1.54) is 25.0 Å². The van der Waals surface area contributed by atoms with Crippen molar-refractivity contribution in [2.75, 3.05) is 0 Å². The van der Waals surface area contributed by atoms with Crippen LogP contribution in [0.15, 0.2) is 29.7 Å². The Morgan fingerprint density at radius 1 is 1.23 bits per heavy atom. The quantitative estimate of drug-likeness (QED) is 0.390. The van der Waals surface area contributed by atoms with Gasteiger partial charge in [-0.3, -0.25) is 9.59 Å². The van der Waals surface area contributed by atoms with Crippen molar-refractivity contribution in [2.45, 2.75) is 71.8 Å². The number of aldehydes is 1. The Balaban J connectivity index is 1.46. The number of carbonyl (C=O) groups excluding carboxylic acids is 2. The Labute approximate surface area is 182 Å². The molecule has 0 amide bonds. The molecule has 0 aliphatic heterocycles. The number of carbonyl (C=O) groups is 2. The van der Waals surface area contributed by atoms with E-state index in [9.17, 15) is 14.0 Å². The lowest BCUT2D eigenvalue weighted by Gasteiger charge is -2.57. The van der Waals surface area contributed by atoms with Crippen LogP contribution < -0.4 is 0 Å². The third kappa shape index (κ3) is 3.05. The van der Waals surface area contributed by atoms with Gasteiger partial charge in [-0.15, -0.1) is 0 Å². The number of imidazole rings is 1. The molecule has 1 aromatic heterocycles. The molecule has 0 aromatic carbocycles. The maximum atomic E-state index is 13.7. The van der Waals surface area contributed by atoms with Crippen molar-refractivity contribution >= 4 is 18.0 Å². The summed E-state index contributed by atoms with van der Waals surface area (Å²) >= 11 is 0. The van der Waals surface area contributed by atoms with Crippen LogP contribution in [0.25, 0.3) is 5.70 Å². The van der Waals surface area contributed by atoms with E-state index in [0.29, 0.717) is 17.8 Å². The average Bonchev–Trinajstić information content (AvgIpc) is 3.27. The monoisotopic (exact) mass is 426 g/mol. The zero-order chi connectivity index (χ0) is 22.0. The van der Waals surface area contributed by atoms with Crippen molar-refractivity contribution in [2.24, 2.45) is 28.6 Å². The first-order valence-corrected chi connectivity index (χ1v) is 11.5. The molecule has 4 aliphatic carbocycles. The minimum Gasteiger partial charge on any atom is -0.462 e. The van der Waals surface area contributed by atoms with E-state index in [4.69, 9.17) is 4.74 Å². The fourth-order valence-corrected chi connectivity index (χ4v) is 7.64. The van der Waals surface area contributed by atoms with Gasteiger partial charge in [0, 0.05) is 30.0 Å². The first-order chi connectivity index (χ1) is 14.8. The highest BCUT2D eigenvalue weighted by Crippen LogP contribution is 2.66. The number of allylic oxidation sites excluding steroid dienone is 3. The molecule has 1 heterocycles. The first kappa shape index (κ1) is 20.7. The fourth-order valence-electron chi connectivity index (χ4n) is 7.64. The minimum atomic E-state index is -0.513. The van der Waals surface area contributed by atoms with Gasteiger partial charge in [-0.2, -0.15) is 4.39 Å². The van der Waals surface area contributed by atoms with Gasteiger partial charge in [0.15, 0.2) is 0 Å². The van der Waals surface area contributed by atoms with E-state index in [-0.39, 0.29) is 22.9 Å². The maximum absolute atomic E-state index is 13.7. The minimum absolute atomic E-state index is 0.000199. The van der Waals surface area contributed by atoms with Gasteiger partial charge in [0.1, 0.15) is 18.7 Å². The maximum Gasteiger partial charge on any atom is 0.302 e. The molecule has 4 aliphatic rings. The Hall–Kier alpha value is -2.24. The van der Waals surface area contributed by atoms with E-state index in [0.717, 1.165) is 62.5 Å². The number of fused-ring (bicyclic) bond motifs is 5. The Kier molecular flexibility index (Phi) is 4.76. The molecule has 2 fully saturated rings. The van der Waals surface area contributed by atoms with Gasteiger partial charge in [0.25, 0.3) is 0 Å². The van der Waals surface area contributed by atoms with Gasteiger partial charge in [0.2, 0.25) is 5.95 Å². The van der Waals surface area contributed by atoms with Gasteiger partial charge in [-0.05, 0) is 61.7 Å². The van der Waals surface area contributed by atoms with Crippen LogP contribution in [0, 0.1) is 34.5 Å². The van der Waals surface area contributed by atoms with Crippen LogP contribution in [0.2, 0.25) is 0 Å². The number of aromatic nitrogens is 2.